The first-order valence-electron chi connectivity index (χ1n) is 8.41. The van der Waals surface area contributed by atoms with E-state index >= 15 is 0 Å². The number of fused-ring (bicyclic) bond motifs is 1. The Morgan fingerprint density at radius 1 is 1.25 bits per heavy atom. The van der Waals surface area contributed by atoms with Crippen molar-refractivity contribution in [3.05, 3.63) is 12.2 Å². The molecular formula is C18H34OSi. The van der Waals surface area contributed by atoms with Gasteiger partial charge in [-0.15, -0.1) is 0 Å². The molecule has 2 aliphatic rings. The minimum absolute atomic E-state index is 0.0313. The lowest BCUT2D eigenvalue weighted by Gasteiger charge is -2.52. The van der Waals surface area contributed by atoms with E-state index in [1.807, 2.05) is 0 Å². The highest BCUT2D eigenvalue weighted by Gasteiger charge is 2.47. The minimum Gasteiger partial charge on any atom is -0.412 e. The van der Waals surface area contributed by atoms with Gasteiger partial charge >= 0.3 is 0 Å². The lowest BCUT2D eigenvalue weighted by molar-refractivity contribution is -0.0290. The molecule has 2 saturated carbocycles. The third kappa shape index (κ3) is 3.39. The predicted molar refractivity (Wildman–Crippen MR) is 90.4 cm³/mol. The smallest absolute Gasteiger partial charge is 0.184 e. The highest BCUT2D eigenvalue weighted by Crippen LogP contribution is 2.55. The summed E-state index contributed by atoms with van der Waals surface area (Å²) < 4.78 is 6.52. The van der Waals surface area contributed by atoms with E-state index in [-0.39, 0.29) is 5.60 Å². The van der Waals surface area contributed by atoms with Gasteiger partial charge < -0.3 is 4.43 Å². The van der Waals surface area contributed by atoms with Crippen molar-refractivity contribution in [1.82, 2.24) is 0 Å². The molecule has 2 rings (SSSR count). The van der Waals surface area contributed by atoms with Gasteiger partial charge in [-0.25, -0.2) is 0 Å². The van der Waals surface area contributed by atoms with Crippen LogP contribution in [-0.4, -0.2) is 13.9 Å². The molecule has 3 unspecified atom stereocenters. The second-order valence-corrected chi connectivity index (χ2v) is 13.4. The van der Waals surface area contributed by atoms with Gasteiger partial charge in [0, 0.05) is 0 Å². The Morgan fingerprint density at radius 2 is 1.90 bits per heavy atom. The SMILES string of the molecule is C=C1CCCC2(C)CCC(C(C)(C)O[Si](C)(C)C)CC12. The molecule has 0 radical (unpaired) electrons. The van der Waals surface area contributed by atoms with Crippen molar-refractivity contribution < 1.29 is 4.43 Å². The molecule has 0 N–H and O–H groups in total. The molecule has 116 valence electrons. The van der Waals surface area contributed by atoms with Crippen LogP contribution in [0.4, 0.5) is 0 Å². The molecule has 0 spiro atoms. The average molecular weight is 295 g/mol. The van der Waals surface area contributed by atoms with Crippen LogP contribution in [0.2, 0.25) is 19.6 Å². The maximum atomic E-state index is 6.52. The summed E-state index contributed by atoms with van der Waals surface area (Å²) in [4.78, 5) is 0. The van der Waals surface area contributed by atoms with Crippen molar-refractivity contribution in [3.63, 3.8) is 0 Å². The molecular weight excluding hydrogens is 260 g/mol. The summed E-state index contributed by atoms with van der Waals surface area (Å²) in [5, 5.41) is 0. The fourth-order valence-corrected chi connectivity index (χ4v) is 6.47. The van der Waals surface area contributed by atoms with E-state index in [0.717, 1.165) is 5.92 Å². The molecule has 2 fully saturated rings. The Morgan fingerprint density at radius 3 is 2.50 bits per heavy atom. The second kappa shape index (κ2) is 5.28. The zero-order valence-corrected chi connectivity index (χ0v) is 15.5. The topological polar surface area (TPSA) is 9.23 Å². The number of hydrogen-bond acceptors (Lipinski definition) is 1. The van der Waals surface area contributed by atoms with Crippen LogP contribution in [-0.2, 0) is 4.43 Å². The molecule has 0 aromatic rings. The molecule has 2 aliphatic carbocycles. The Kier molecular flexibility index (Phi) is 4.30. The van der Waals surface area contributed by atoms with Gasteiger partial charge in [0.2, 0.25) is 0 Å². The van der Waals surface area contributed by atoms with Crippen molar-refractivity contribution in [1.29, 1.82) is 0 Å². The van der Waals surface area contributed by atoms with Crippen molar-refractivity contribution >= 4 is 8.32 Å². The molecule has 0 aliphatic heterocycles. The summed E-state index contributed by atoms with van der Waals surface area (Å²) in [7, 11) is -1.48. The molecule has 2 heteroatoms. The third-order valence-electron chi connectivity index (χ3n) is 5.72. The van der Waals surface area contributed by atoms with Crippen molar-refractivity contribution in [2.45, 2.75) is 84.5 Å². The quantitative estimate of drug-likeness (QED) is 0.473. The third-order valence-corrected chi connectivity index (χ3v) is 6.85. The van der Waals surface area contributed by atoms with Gasteiger partial charge in [0.05, 0.1) is 5.60 Å². The summed E-state index contributed by atoms with van der Waals surface area (Å²) >= 11 is 0. The molecule has 0 heterocycles. The minimum atomic E-state index is -1.48. The van der Waals surface area contributed by atoms with E-state index in [0.29, 0.717) is 11.3 Å². The van der Waals surface area contributed by atoms with Crippen molar-refractivity contribution in [2.24, 2.45) is 17.3 Å². The maximum Gasteiger partial charge on any atom is 0.184 e. The largest absolute Gasteiger partial charge is 0.412 e. The Bertz CT molecular complexity index is 379. The number of hydrogen-bond donors (Lipinski definition) is 0. The number of rotatable bonds is 3. The zero-order valence-electron chi connectivity index (χ0n) is 14.5. The van der Waals surface area contributed by atoms with E-state index in [9.17, 15) is 0 Å². The van der Waals surface area contributed by atoms with E-state index < -0.39 is 8.32 Å². The molecule has 0 aromatic carbocycles. The van der Waals surface area contributed by atoms with E-state index in [1.54, 1.807) is 0 Å². The fourth-order valence-electron chi connectivity index (χ4n) is 4.72. The molecule has 3 atom stereocenters. The van der Waals surface area contributed by atoms with Gasteiger partial charge in [-0.05, 0) is 89.3 Å². The Labute approximate surface area is 127 Å². The van der Waals surface area contributed by atoms with Gasteiger partial charge in [-0.2, -0.15) is 0 Å². The summed E-state index contributed by atoms with van der Waals surface area (Å²) in [5.41, 5.74) is 2.08. The Balaban J connectivity index is 2.11. The molecule has 1 nitrogen and oxygen atoms in total. The van der Waals surface area contributed by atoms with Crippen LogP contribution in [0, 0.1) is 17.3 Å². The van der Waals surface area contributed by atoms with E-state index in [2.05, 4.69) is 47.0 Å². The van der Waals surface area contributed by atoms with Crippen LogP contribution in [0.1, 0.15) is 59.3 Å². The van der Waals surface area contributed by atoms with Gasteiger partial charge in [0.15, 0.2) is 8.32 Å². The van der Waals surface area contributed by atoms with Gasteiger partial charge in [-0.1, -0.05) is 19.1 Å². The van der Waals surface area contributed by atoms with Crippen LogP contribution in [0.25, 0.3) is 0 Å². The first-order valence-corrected chi connectivity index (χ1v) is 11.8. The van der Waals surface area contributed by atoms with Crippen LogP contribution in [0.3, 0.4) is 0 Å². The van der Waals surface area contributed by atoms with E-state index in [4.69, 9.17) is 4.43 Å². The zero-order chi connectivity index (χ0) is 15.2. The molecule has 0 saturated heterocycles. The van der Waals surface area contributed by atoms with Gasteiger partial charge in [0.1, 0.15) is 0 Å². The normalized spacial score (nSPS) is 35.8. The summed E-state index contributed by atoms with van der Waals surface area (Å²) in [5.74, 6) is 1.43. The summed E-state index contributed by atoms with van der Waals surface area (Å²) in [6.45, 7) is 18.5. The molecule has 0 bridgehead atoms. The first-order chi connectivity index (χ1) is 9.04. The molecule has 0 aromatic heterocycles. The van der Waals surface area contributed by atoms with Crippen molar-refractivity contribution in [2.75, 3.05) is 0 Å². The second-order valence-electron chi connectivity index (χ2n) is 9.01. The summed E-state index contributed by atoms with van der Waals surface area (Å²) in [6, 6.07) is 0. The van der Waals surface area contributed by atoms with Gasteiger partial charge in [-0.3, -0.25) is 0 Å². The first kappa shape index (κ1) is 16.3. The monoisotopic (exact) mass is 294 g/mol. The average Bonchev–Trinajstić information content (AvgIpc) is 2.25. The van der Waals surface area contributed by atoms with Crippen LogP contribution < -0.4 is 0 Å². The maximum absolute atomic E-state index is 6.52. The lowest BCUT2D eigenvalue weighted by Crippen LogP contribution is -2.48. The standard InChI is InChI=1S/C18H34OSi/c1-14-9-8-11-18(4)12-10-15(13-16(14)18)17(2,3)19-20(5,6)7/h15-16H,1,8-13H2,2-7H3. The fraction of sp³-hybridized carbons (Fsp3) is 0.889. The van der Waals surface area contributed by atoms with Gasteiger partial charge in [0.25, 0.3) is 0 Å². The summed E-state index contributed by atoms with van der Waals surface area (Å²) in [6.07, 6.45) is 8.00. The highest BCUT2D eigenvalue weighted by atomic mass is 28.4. The van der Waals surface area contributed by atoms with Crippen LogP contribution >= 0.6 is 0 Å². The highest BCUT2D eigenvalue weighted by molar-refractivity contribution is 6.69. The number of allylic oxidation sites excluding steroid dienone is 1. The van der Waals surface area contributed by atoms with Crippen LogP contribution in [0.15, 0.2) is 12.2 Å². The van der Waals surface area contributed by atoms with Crippen molar-refractivity contribution in [3.8, 4) is 0 Å². The van der Waals surface area contributed by atoms with Crippen LogP contribution in [0.5, 0.6) is 0 Å². The lowest BCUT2D eigenvalue weighted by atomic mass is 9.55. The Hall–Kier alpha value is -0.0831. The van der Waals surface area contributed by atoms with E-state index in [1.165, 1.54) is 44.1 Å². The molecule has 0 amide bonds. The predicted octanol–water partition coefficient (Wildman–Crippen LogP) is 5.78. The molecule has 20 heavy (non-hydrogen) atoms.